The van der Waals surface area contributed by atoms with Crippen molar-refractivity contribution < 1.29 is 14.5 Å². The summed E-state index contributed by atoms with van der Waals surface area (Å²) in [5.74, 6) is 1.96. The smallest absolute Gasteiger partial charge is 0.269 e. The van der Waals surface area contributed by atoms with E-state index in [0.717, 1.165) is 29.0 Å². The number of hydrogen-bond acceptors (Lipinski definition) is 8. The Labute approximate surface area is 213 Å². The molecule has 1 aliphatic carbocycles. The second-order valence-corrected chi connectivity index (χ2v) is 10.6. The third kappa shape index (κ3) is 4.60. The van der Waals surface area contributed by atoms with Crippen molar-refractivity contribution in [3.8, 4) is 5.75 Å². The number of benzene rings is 2. The number of carbonyl (C=O) groups is 1. The third-order valence-corrected chi connectivity index (χ3v) is 7.25. The number of ether oxygens (including phenoxy) is 1. The van der Waals surface area contributed by atoms with Crippen LogP contribution in [0, 0.1) is 15.5 Å². The lowest BCUT2D eigenvalue weighted by atomic mass is 9.73. The van der Waals surface area contributed by atoms with Crippen molar-refractivity contribution in [1.29, 1.82) is 0 Å². The van der Waals surface area contributed by atoms with Crippen LogP contribution in [0.4, 0.5) is 11.6 Å². The largest absolute Gasteiger partial charge is 0.494 e. The molecule has 2 heterocycles. The summed E-state index contributed by atoms with van der Waals surface area (Å²) in [7, 11) is 0. The molecule has 1 atom stereocenters. The van der Waals surface area contributed by atoms with E-state index in [1.54, 1.807) is 16.8 Å². The number of non-ortho nitro benzene ring substituents is 1. The Morgan fingerprint density at radius 1 is 1.19 bits per heavy atom. The summed E-state index contributed by atoms with van der Waals surface area (Å²) in [5, 5.41) is 19.7. The molecular formula is C26H27N5O4S. The van der Waals surface area contributed by atoms with Crippen molar-refractivity contribution in [3.05, 3.63) is 81.0 Å². The zero-order chi connectivity index (χ0) is 25.4. The van der Waals surface area contributed by atoms with Crippen molar-refractivity contribution in [2.24, 2.45) is 5.41 Å². The van der Waals surface area contributed by atoms with Gasteiger partial charge >= 0.3 is 0 Å². The van der Waals surface area contributed by atoms with E-state index in [1.165, 1.54) is 23.9 Å². The molecule has 1 aliphatic heterocycles. The molecule has 3 aromatic rings. The topological polar surface area (TPSA) is 112 Å². The number of nitrogens with one attached hydrogen (secondary N) is 1. The number of para-hydroxylation sites is 1. The van der Waals surface area contributed by atoms with Crippen LogP contribution in [0.25, 0.3) is 0 Å². The van der Waals surface area contributed by atoms with Crippen LogP contribution in [0.2, 0.25) is 0 Å². The number of nitrogens with zero attached hydrogens (tertiary/aromatic N) is 4. The van der Waals surface area contributed by atoms with Crippen LogP contribution in [-0.2, 0) is 10.5 Å². The first-order valence-electron chi connectivity index (χ1n) is 11.8. The molecule has 36 heavy (non-hydrogen) atoms. The van der Waals surface area contributed by atoms with E-state index in [1.807, 2.05) is 31.2 Å². The van der Waals surface area contributed by atoms with Gasteiger partial charge in [0.25, 0.3) is 5.69 Å². The fourth-order valence-corrected chi connectivity index (χ4v) is 5.58. The molecule has 0 unspecified atom stereocenters. The minimum atomic E-state index is -0.441. The van der Waals surface area contributed by atoms with Crippen LogP contribution in [0.3, 0.4) is 0 Å². The first-order chi connectivity index (χ1) is 17.3. The minimum absolute atomic E-state index is 0.0589. The number of nitro groups is 1. The Hall–Kier alpha value is -3.66. The van der Waals surface area contributed by atoms with Crippen LogP contribution >= 0.6 is 11.8 Å². The molecule has 0 amide bonds. The average Bonchev–Trinajstić information content (AvgIpc) is 3.24. The van der Waals surface area contributed by atoms with E-state index in [9.17, 15) is 14.9 Å². The molecule has 2 aromatic carbocycles. The third-order valence-electron chi connectivity index (χ3n) is 6.34. The quantitative estimate of drug-likeness (QED) is 0.253. The van der Waals surface area contributed by atoms with Gasteiger partial charge in [-0.3, -0.25) is 14.9 Å². The molecule has 0 saturated carbocycles. The average molecular weight is 506 g/mol. The Morgan fingerprint density at radius 3 is 2.67 bits per heavy atom. The predicted octanol–water partition coefficient (Wildman–Crippen LogP) is 5.54. The number of ketones is 1. The summed E-state index contributed by atoms with van der Waals surface area (Å²) >= 11 is 1.44. The summed E-state index contributed by atoms with van der Waals surface area (Å²) in [6.07, 6.45) is 1.20. The van der Waals surface area contributed by atoms with Gasteiger partial charge in [-0.25, -0.2) is 4.68 Å². The highest BCUT2D eigenvalue weighted by molar-refractivity contribution is 7.98. The Morgan fingerprint density at radius 2 is 1.94 bits per heavy atom. The Kier molecular flexibility index (Phi) is 6.29. The number of anilines is 1. The highest BCUT2D eigenvalue weighted by atomic mass is 32.2. The minimum Gasteiger partial charge on any atom is -0.494 e. The number of nitro benzene ring substituents is 1. The van der Waals surface area contributed by atoms with Crippen molar-refractivity contribution in [1.82, 2.24) is 14.8 Å². The van der Waals surface area contributed by atoms with Gasteiger partial charge in [-0.2, -0.15) is 4.98 Å². The van der Waals surface area contributed by atoms with E-state index in [2.05, 4.69) is 19.2 Å². The summed E-state index contributed by atoms with van der Waals surface area (Å²) < 4.78 is 7.71. The number of fused-ring (bicyclic) bond motifs is 1. The van der Waals surface area contributed by atoms with E-state index < -0.39 is 11.0 Å². The fraction of sp³-hybridized carbons (Fsp3) is 0.346. The second kappa shape index (κ2) is 9.42. The lowest BCUT2D eigenvalue weighted by Gasteiger charge is -2.38. The van der Waals surface area contributed by atoms with Crippen LogP contribution in [0.1, 0.15) is 50.8 Å². The molecule has 5 rings (SSSR count). The molecule has 9 nitrogen and oxygen atoms in total. The number of rotatable bonds is 7. The van der Waals surface area contributed by atoms with Crippen molar-refractivity contribution in [2.75, 3.05) is 11.9 Å². The Bertz CT molecular complexity index is 1360. The van der Waals surface area contributed by atoms with Gasteiger partial charge in [0, 0.05) is 41.1 Å². The van der Waals surface area contributed by atoms with Crippen LogP contribution in [0.5, 0.6) is 5.75 Å². The standard InChI is InChI=1S/C26H27N5O4S/c1-4-35-21-8-6-5-7-18(21)23-22-19(13-26(2,3)14-20(22)32)27-24-28-25(29-30(23)24)36-15-16-9-11-17(12-10-16)31(33)34/h5-12,23H,4,13-15H2,1-3H3,(H,27,28,29)/t23-/m0/s1. The molecule has 1 N–H and O–H groups in total. The van der Waals surface area contributed by atoms with E-state index in [0.29, 0.717) is 35.5 Å². The summed E-state index contributed by atoms with van der Waals surface area (Å²) in [6.45, 7) is 6.65. The Balaban J connectivity index is 1.51. The van der Waals surface area contributed by atoms with Gasteiger partial charge in [0.1, 0.15) is 11.8 Å². The number of aromatic nitrogens is 3. The van der Waals surface area contributed by atoms with Gasteiger partial charge in [-0.05, 0) is 30.4 Å². The predicted molar refractivity (Wildman–Crippen MR) is 137 cm³/mol. The lowest BCUT2D eigenvalue weighted by Crippen LogP contribution is -2.36. The van der Waals surface area contributed by atoms with Crippen molar-refractivity contribution in [2.45, 2.75) is 50.6 Å². The highest BCUT2D eigenvalue weighted by Gasteiger charge is 2.42. The maximum Gasteiger partial charge on any atom is 0.269 e. The van der Waals surface area contributed by atoms with Gasteiger partial charge in [-0.1, -0.05) is 55.9 Å². The first-order valence-corrected chi connectivity index (χ1v) is 12.8. The van der Waals surface area contributed by atoms with Gasteiger partial charge in [-0.15, -0.1) is 5.10 Å². The lowest BCUT2D eigenvalue weighted by molar-refractivity contribution is -0.384. The maximum atomic E-state index is 13.4. The van der Waals surface area contributed by atoms with Gasteiger partial charge in [0.15, 0.2) is 5.78 Å². The summed E-state index contributed by atoms with van der Waals surface area (Å²) in [6, 6.07) is 13.8. The van der Waals surface area contributed by atoms with Crippen LogP contribution in [-0.4, -0.2) is 32.1 Å². The summed E-state index contributed by atoms with van der Waals surface area (Å²) in [4.78, 5) is 28.7. The van der Waals surface area contributed by atoms with Crippen LogP contribution < -0.4 is 10.1 Å². The molecule has 2 aliphatic rings. The monoisotopic (exact) mass is 505 g/mol. The van der Waals surface area contributed by atoms with Crippen molar-refractivity contribution in [3.63, 3.8) is 0 Å². The fourth-order valence-electron chi connectivity index (χ4n) is 4.79. The van der Waals surface area contributed by atoms with E-state index in [-0.39, 0.29) is 16.9 Å². The maximum absolute atomic E-state index is 13.4. The number of allylic oxidation sites excluding steroid dienone is 2. The molecule has 0 saturated heterocycles. The molecule has 0 radical (unpaired) electrons. The SMILES string of the molecule is CCOc1ccccc1[C@H]1C2=C(CC(C)(C)CC2=O)Nc2nc(SCc3ccc([N+](=O)[O-])cc3)nn21. The molecular weight excluding hydrogens is 478 g/mol. The van der Waals surface area contributed by atoms with E-state index in [4.69, 9.17) is 14.8 Å². The first kappa shape index (κ1) is 24.1. The highest BCUT2D eigenvalue weighted by Crippen LogP contribution is 2.47. The number of hydrogen-bond donors (Lipinski definition) is 1. The van der Waals surface area contributed by atoms with Gasteiger partial charge in [0.2, 0.25) is 11.1 Å². The van der Waals surface area contributed by atoms with Crippen LogP contribution in [0.15, 0.2) is 65.0 Å². The van der Waals surface area contributed by atoms with E-state index >= 15 is 0 Å². The zero-order valence-corrected chi connectivity index (χ0v) is 21.2. The normalized spacial score (nSPS) is 18.3. The molecule has 0 bridgehead atoms. The molecule has 0 fully saturated rings. The van der Waals surface area contributed by atoms with Gasteiger partial charge < -0.3 is 10.1 Å². The molecule has 186 valence electrons. The molecule has 1 aromatic heterocycles. The second-order valence-electron chi connectivity index (χ2n) is 9.71. The molecule has 10 heteroatoms. The number of Topliss-reactive ketones (excluding diaryl/α,β-unsaturated/α-hetero) is 1. The zero-order valence-electron chi connectivity index (χ0n) is 20.4. The molecule has 0 spiro atoms. The van der Waals surface area contributed by atoms with Crippen molar-refractivity contribution >= 4 is 29.2 Å². The van der Waals surface area contributed by atoms with Gasteiger partial charge in [0.05, 0.1) is 11.5 Å². The number of carbonyl (C=O) groups excluding carboxylic acids is 1. The number of thioether (sulfide) groups is 1. The summed E-state index contributed by atoms with van der Waals surface area (Å²) in [5.41, 5.74) is 3.31.